The third-order valence-electron chi connectivity index (χ3n) is 2.76. The van der Waals surface area contributed by atoms with E-state index in [0.29, 0.717) is 18.8 Å². The lowest BCUT2D eigenvalue weighted by molar-refractivity contribution is -0.385. The van der Waals surface area contributed by atoms with Crippen LogP contribution in [-0.4, -0.2) is 35.3 Å². The first kappa shape index (κ1) is 12.5. The first-order valence-electron chi connectivity index (χ1n) is 5.40. The van der Waals surface area contributed by atoms with Gasteiger partial charge in [0.25, 0.3) is 5.69 Å². The Bertz CT molecular complexity index is 484. The third kappa shape index (κ3) is 2.47. The maximum absolute atomic E-state index is 11.1. The molecule has 0 aromatic heterocycles. The average Bonchev–Trinajstić information content (AvgIpc) is 2.26. The molecule has 2 N–H and O–H groups in total. The van der Waals surface area contributed by atoms with Gasteiger partial charge in [0.05, 0.1) is 24.2 Å². The monoisotopic (exact) mass is 252 g/mol. The van der Waals surface area contributed by atoms with Gasteiger partial charge in [-0.25, -0.2) is 4.79 Å². The molecule has 1 fully saturated rings. The summed E-state index contributed by atoms with van der Waals surface area (Å²) in [6.45, 7) is 1.44. The fraction of sp³-hybridized carbons (Fsp3) is 0.364. The highest BCUT2D eigenvalue weighted by Gasteiger charge is 2.24. The number of carboxylic acids is 1. The number of nitro groups is 1. The number of nitrogens with one attached hydrogen (secondary N) is 1. The van der Waals surface area contributed by atoms with Gasteiger partial charge in [0, 0.05) is 12.6 Å². The van der Waals surface area contributed by atoms with E-state index < -0.39 is 10.9 Å². The van der Waals surface area contributed by atoms with Gasteiger partial charge in [0.2, 0.25) is 0 Å². The smallest absolute Gasteiger partial charge is 0.343 e. The number of rotatable bonds is 5. The molecule has 0 radical (unpaired) electrons. The lowest BCUT2D eigenvalue weighted by atomic mass is 10.0. The molecule has 18 heavy (non-hydrogen) atoms. The molecule has 96 valence electrons. The van der Waals surface area contributed by atoms with Gasteiger partial charge in [0.1, 0.15) is 5.56 Å². The second kappa shape index (κ2) is 5.11. The molecule has 0 atom stereocenters. The normalized spacial score (nSPS) is 15.1. The molecule has 7 nitrogen and oxygen atoms in total. The number of ether oxygens (including phenoxy) is 1. The third-order valence-corrected chi connectivity index (χ3v) is 2.76. The van der Waals surface area contributed by atoms with E-state index in [1.165, 1.54) is 12.1 Å². The van der Waals surface area contributed by atoms with Crippen molar-refractivity contribution in [1.29, 1.82) is 0 Å². The van der Waals surface area contributed by atoms with Crippen molar-refractivity contribution in [2.75, 3.05) is 13.2 Å². The van der Waals surface area contributed by atoms with Crippen molar-refractivity contribution >= 4 is 11.7 Å². The minimum Gasteiger partial charge on any atom is -0.477 e. The highest BCUT2D eigenvalue weighted by Crippen LogP contribution is 2.22. The van der Waals surface area contributed by atoms with Gasteiger partial charge in [-0.1, -0.05) is 12.1 Å². The van der Waals surface area contributed by atoms with E-state index >= 15 is 0 Å². The van der Waals surface area contributed by atoms with Crippen molar-refractivity contribution in [2.45, 2.75) is 12.6 Å². The molecule has 7 heteroatoms. The van der Waals surface area contributed by atoms with E-state index in [9.17, 15) is 14.9 Å². The number of hydrogen-bond acceptors (Lipinski definition) is 5. The summed E-state index contributed by atoms with van der Waals surface area (Å²) < 4.78 is 4.98. The number of nitro benzene ring substituents is 1. The van der Waals surface area contributed by atoms with Gasteiger partial charge in [-0.3, -0.25) is 10.1 Å². The summed E-state index contributed by atoms with van der Waals surface area (Å²) in [5.74, 6) is -1.29. The number of nitrogens with zero attached hydrogens (tertiary/aromatic N) is 1. The van der Waals surface area contributed by atoms with Crippen LogP contribution in [0.3, 0.4) is 0 Å². The molecule has 1 aromatic carbocycles. The van der Waals surface area contributed by atoms with E-state index in [0.717, 1.165) is 0 Å². The SMILES string of the molecule is O=C(O)c1c(CNC2COC2)cccc1[N+](=O)[O-]. The zero-order valence-corrected chi connectivity index (χ0v) is 9.46. The number of carboxylic acid groups (broad SMARTS) is 1. The van der Waals surface area contributed by atoms with Crippen molar-refractivity contribution in [3.63, 3.8) is 0 Å². The quantitative estimate of drug-likeness (QED) is 0.593. The minimum absolute atomic E-state index is 0.186. The standard InChI is InChI=1S/C11H12N2O5/c14-11(15)10-7(4-12-8-5-18-6-8)2-1-3-9(10)13(16)17/h1-3,8,12H,4-6H2,(H,14,15). The Balaban J connectivity index is 2.24. The maximum atomic E-state index is 11.1. The fourth-order valence-corrected chi connectivity index (χ4v) is 1.74. The van der Waals surface area contributed by atoms with Crippen molar-refractivity contribution in [2.24, 2.45) is 0 Å². The lowest BCUT2D eigenvalue weighted by Crippen LogP contribution is -2.45. The Hall–Kier alpha value is -1.99. The van der Waals surface area contributed by atoms with E-state index in [1.54, 1.807) is 6.07 Å². The molecule has 1 aliphatic rings. The molecule has 0 spiro atoms. The van der Waals surface area contributed by atoms with E-state index in [1.807, 2.05) is 0 Å². The molecule has 1 aromatic rings. The maximum Gasteiger partial charge on any atom is 0.343 e. The highest BCUT2D eigenvalue weighted by molar-refractivity contribution is 5.94. The Morgan fingerprint density at radius 2 is 2.28 bits per heavy atom. The second-order valence-electron chi connectivity index (χ2n) is 3.99. The van der Waals surface area contributed by atoms with Crippen LogP contribution in [0.2, 0.25) is 0 Å². The first-order valence-corrected chi connectivity index (χ1v) is 5.40. The molecular formula is C11H12N2O5. The number of aromatic carboxylic acids is 1. The predicted molar refractivity (Wildman–Crippen MR) is 61.5 cm³/mol. The van der Waals surface area contributed by atoms with E-state index in [-0.39, 0.29) is 23.8 Å². The molecule has 2 rings (SSSR count). The van der Waals surface area contributed by atoms with Crippen LogP contribution in [-0.2, 0) is 11.3 Å². The van der Waals surface area contributed by atoms with Crippen LogP contribution in [0.5, 0.6) is 0 Å². The summed E-state index contributed by atoms with van der Waals surface area (Å²) in [5, 5.41) is 22.9. The van der Waals surface area contributed by atoms with Gasteiger partial charge in [-0.2, -0.15) is 0 Å². The molecule has 1 saturated heterocycles. The Morgan fingerprint density at radius 1 is 1.56 bits per heavy atom. The molecule has 0 bridgehead atoms. The van der Waals surface area contributed by atoms with Gasteiger partial charge < -0.3 is 15.2 Å². The predicted octanol–water partition coefficient (Wildman–Crippen LogP) is 0.781. The summed E-state index contributed by atoms with van der Waals surface area (Å²) in [6.07, 6.45) is 0. The van der Waals surface area contributed by atoms with Crippen LogP contribution in [0.4, 0.5) is 5.69 Å². The summed E-state index contributed by atoms with van der Waals surface area (Å²) in [6, 6.07) is 4.44. The second-order valence-corrected chi connectivity index (χ2v) is 3.99. The van der Waals surface area contributed by atoms with Gasteiger partial charge >= 0.3 is 5.97 Å². The summed E-state index contributed by atoms with van der Waals surface area (Å²) >= 11 is 0. The van der Waals surface area contributed by atoms with Crippen molar-refractivity contribution in [3.05, 3.63) is 39.4 Å². The fourth-order valence-electron chi connectivity index (χ4n) is 1.74. The topological polar surface area (TPSA) is 102 Å². The molecule has 1 aliphatic heterocycles. The summed E-state index contributed by atoms with van der Waals surface area (Å²) in [7, 11) is 0. The first-order chi connectivity index (χ1) is 8.59. The van der Waals surface area contributed by atoms with Crippen LogP contribution < -0.4 is 5.32 Å². The molecule has 1 heterocycles. The summed E-state index contributed by atoms with van der Waals surface area (Å²) in [4.78, 5) is 21.2. The number of benzene rings is 1. The van der Waals surface area contributed by atoms with E-state index in [2.05, 4.69) is 5.32 Å². The Morgan fingerprint density at radius 3 is 2.78 bits per heavy atom. The van der Waals surface area contributed by atoms with Crippen LogP contribution in [0.25, 0.3) is 0 Å². The Labute approximate surface area is 103 Å². The van der Waals surface area contributed by atoms with Gasteiger partial charge in [-0.15, -0.1) is 0 Å². The molecule has 0 amide bonds. The van der Waals surface area contributed by atoms with E-state index in [4.69, 9.17) is 9.84 Å². The highest BCUT2D eigenvalue weighted by atomic mass is 16.6. The Kier molecular flexibility index (Phi) is 3.54. The van der Waals surface area contributed by atoms with Crippen LogP contribution in [0.1, 0.15) is 15.9 Å². The van der Waals surface area contributed by atoms with Crippen LogP contribution in [0, 0.1) is 10.1 Å². The molecular weight excluding hydrogens is 240 g/mol. The largest absolute Gasteiger partial charge is 0.477 e. The van der Waals surface area contributed by atoms with Crippen molar-refractivity contribution in [1.82, 2.24) is 5.32 Å². The van der Waals surface area contributed by atoms with Gasteiger partial charge in [-0.05, 0) is 5.56 Å². The number of carbonyl (C=O) groups is 1. The van der Waals surface area contributed by atoms with Gasteiger partial charge in [0.15, 0.2) is 0 Å². The lowest BCUT2D eigenvalue weighted by Gasteiger charge is -2.27. The molecule has 0 unspecified atom stereocenters. The zero-order valence-electron chi connectivity index (χ0n) is 9.46. The van der Waals surface area contributed by atoms with Crippen LogP contribution >= 0.6 is 0 Å². The van der Waals surface area contributed by atoms with Crippen molar-refractivity contribution in [3.8, 4) is 0 Å². The van der Waals surface area contributed by atoms with Crippen molar-refractivity contribution < 1.29 is 19.6 Å². The molecule has 0 saturated carbocycles. The summed E-state index contributed by atoms with van der Waals surface area (Å²) in [5.41, 5.74) is -0.231. The number of hydrogen-bond donors (Lipinski definition) is 2. The minimum atomic E-state index is -1.29. The van der Waals surface area contributed by atoms with Crippen LogP contribution in [0.15, 0.2) is 18.2 Å². The molecule has 0 aliphatic carbocycles. The average molecular weight is 252 g/mol. The zero-order chi connectivity index (χ0) is 13.1.